The molecule has 0 bridgehead atoms. The first-order valence-corrected chi connectivity index (χ1v) is 11.7. The van der Waals surface area contributed by atoms with Crippen LogP contribution >= 0.6 is 0 Å². The van der Waals surface area contributed by atoms with Crippen molar-refractivity contribution >= 4 is 22.5 Å². The van der Waals surface area contributed by atoms with E-state index < -0.39 is 0 Å². The Morgan fingerprint density at radius 3 is 2.29 bits per heavy atom. The van der Waals surface area contributed by atoms with Gasteiger partial charge in [0.25, 0.3) is 0 Å². The highest BCUT2D eigenvalue weighted by atomic mass is 19.1. The Balaban J connectivity index is 1.30. The summed E-state index contributed by atoms with van der Waals surface area (Å²) >= 11 is 0. The zero-order chi connectivity index (χ0) is 24.4. The van der Waals surface area contributed by atoms with Crippen molar-refractivity contribution in [1.82, 2.24) is 9.88 Å². The molecule has 4 aromatic rings. The highest BCUT2D eigenvalue weighted by Gasteiger charge is 2.22. The molecule has 180 valence electrons. The number of methoxy groups -OCH3 is 1. The highest BCUT2D eigenvalue weighted by Crippen LogP contribution is 2.33. The number of aromatic amines is 1. The molecule has 0 radical (unpaired) electrons. The summed E-state index contributed by atoms with van der Waals surface area (Å²) < 4.78 is 32.6. The van der Waals surface area contributed by atoms with Gasteiger partial charge in [-0.25, -0.2) is 8.78 Å². The number of aryl methyl sites for hydroxylation is 1. The Labute approximate surface area is 202 Å². The van der Waals surface area contributed by atoms with E-state index in [-0.39, 0.29) is 17.5 Å². The Hall–Kier alpha value is -3.87. The average Bonchev–Trinajstić information content (AvgIpc) is 3.25. The van der Waals surface area contributed by atoms with Crippen molar-refractivity contribution in [3.63, 3.8) is 0 Å². The molecule has 5 nitrogen and oxygen atoms in total. The predicted octanol–water partition coefficient (Wildman–Crippen LogP) is 5.40. The molecule has 0 atom stereocenters. The molecule has 1 N–H and O–H groups in total. The lowest BCUT2D eigenvalue weighted by atomic mass is 10.0. The molecule has 1 fully saturated rings. The maximum absolute atomic E-state index is 14.1. The number of ether oxygens (including phenoxy) is 1. The summed E-state index contributed by atoms with van der Waals surface area (Å²) in [6, 6.07) is 18.8. The first-order valence-electron chi connectivity index (χ1n) is 11.7. The number of hydrogen-bond acceptors (Lipinski definition) is 3. The van der Waals surface area contributed by atoms with Gasteiger partial charge in [-0.3, -0.25) is 4.79 Å². The van der Waals surface area contributed by atoms with E-state index in [1.54, 1.807) is 25.3 Å². The van der Waals surface area contributed by atoms with Crippen LogP contribution < -0.4 is 9.64 Å². The van der Waals surface area contributed by atoms with Crippen LogP contribution in [0.25, 0.3) is 22.2 Å². The number of carbonyl (C=O) groups is 1. The average molecular weight is 476 g/mol. The summed E-state index contributed by atoms with van der Waals surface area (Å²) in [6.07, 6.45) is 0.838. The minimum absolute atomic E-state index is 0.0789. The Morgan fingerprint density at radius 1 is 0.914 bits per heavy atom. The standard InChI is InChI=1S/C28H27F2N3O2/c1-35-23-9-2-19(3-10-23)28-24(25-18-21(30)6-12-26(25)31-28)11-13-27(34)33-16-14-32(15-17-33)22-7-4-20(29)5-8-22/h2-10,12,18,31H,11,13-17H2,1H3. The number of rotatable bonds is 6. The van der Waals surface area contributed by atoms with E-state index in [1.807, 2.05) is 29.2 Å². The van der Waals surface area contributed by atoms with E-state index in [1.165, 1.54) is 24.3 Å². The molecule has 35 heavy (non-hydrogen) atoms. The molecule has 1 aromatic heterocycles. The third-order valence-electron chi connectivity index (χ3n) is 6.66. The van der Waals surface area contributed by atoms with Gasteiger partial charge in [-0.05, 0) is 84.3 Å². The molecule has 1 aliphatic heterocycles. The third-order valence-corrected chi connectivity index (χ3v) is 6.66. The van der Waals surface area contributed by atoms with Crippen LogP contribution in [0.15, 0.2) is 66.7 Å². The lowest BCUT2D eigenvalue weighted by Gasteiger charge is -2.36. The number of carbonyl (C=O) groups excluding carboxylic acids is 1. The quantitative estimate of drug-likeness (QED) is 0.406. The van der Waals surface area contributed by atoms with Crippen molar-refractivity contribution in [1.29, 1.82) is 0 Å². The summed E-state index contributed by atoms with van der Waals surface area (Å²) in [7, 11) is 1.62. The molecule has 1 aliphatic rings. The fourth-order valence-corrected chi connectivity index (χ4v) is 4.74. The van der Waals surface area contributed by atoms with E-state index in [4.69, 9.17) is 4.74 Å². The van der Waals surface area contributed by atoms with Crippen molar-refractivity contribution in [2.24, 2.45) is 0 Å². The van der Waals surface area contributed by atoms with Crippen molar-refractivity contribution in [2.75, 3.05) is 38.2 Å². The van der Waals surface area contributed by atoms with Gasteiger partial charge in [0.15, 0.2) is 0 Å². The van der Waals surface area contributed by atoms with Gasteiger partial charge < -0.3 is 19.5 Å². The van der Waals surface area contributed by atoms with E-state index in [0.717, 1.165) is 39.2 Å². The van der Waals surface area contributed by atoms with Gasteiger partial charge in [-0.2, -0.15) is 0 Å². The number of nitrogens with zero attached hydrogens (tertiary/aromatic N) is 2. The number of amides is 1. The zero-order valence-electron chi connectivity index (χ0n) is 19.6. The molecular weight excluding hydrogens is 448 g/mol. The Morgan fingerprint density at radius 2 is 1.60 bits per heavy atom. The second-order valence-electron chi connectivity index (χ2n) is 8.74. The fraction of sp³-hybridized carbons (Fsp3) is 0.250. The summed E-state index contributed by atoms with van der Waals surface area (Å²) in [5.41, 5.74) is 4.58. The number of aromatic nitrogens is 1. The van der Waals surface area contributed by atoms with Crippen LogP contribution in [0.4, 0.5) is 14.5 Å². The van der Waals surface area contributed by atoms with Crippen LogP contribution in [-0.4, -0.2) is 49.1 Å². The molecule has 2 heterocycles. The number of piperazine rings is 1. The molecule has 1 amide bonds. The van der Waals surface area contributed by atoms with Gasteiger partial charge in [-0.15, -0.1) is 0 Å². The van der Waals surface area contributed by atoms with Crippen LogP contribution in [0, 0.1) is 11.6 Å². The molecule has 7 heteroatoms. The van der Waals surface area contributed by atoms with Crippen LogP contribution in [0.2, 0.25) is 0 Å². The molecule has 3 aromatic carbocycles. The number of fused-ring (bicyclic) bond motifs is 1. The van der Waals surface area contributed by atoms with E-state index >= 15 is 0 Å². The SMILES string of the molecule is COc1ccc(-c2[nH]c3ccc(F)cc3c2CCC(=O)N2CCN(c3ccc(F)cc3)CC2)cc1. The number of benzene rings is 3. The molecule has 0 aliphatic carbocycles. The van der Waals surface area contributed by atoms with Crippen LogP contribution in [0.5, 0.6) is 5.75 Å². The number of nitrogens with one attached hydrogen (secondary N) is 1. The highest BCUT2D eigenvalue weighted by molar-refractivity contribution is 5.91. The van der Waals surface area contributed by atoms with Gasteiger partial charge in [0, 0.05) is 54.9 Å². The lowest BCUT2D eigenvalue weighted by molar-refractivity contribution is -0.131. The number of anilines is 1. The van der Waals surface area contributed by atoms with Gasteiger partial charge in [0.05, 0.1) is 7.11 Å². The summed E-state index contributed by atoms with van der Waals surface area (Å²) in [4.78, 5) is 20.5. The first kappa shape index (κ1) is 22.9. The van der Waals surface area contributed by atoms with Crippen molar-refractivity contribution in [3.05, 3.63) is 83.9 Å². The second kappa shape index (κ2) is 9.78. The molecule has 5 rings (SSSR count). The molecular formula is C28H27F2N3O2. The van der Waals surface area contributed by atoms with Crippen molar-refractivity contribution < 1.29 is 18.3 Å². The minimum atomic E-state index is -0.303. The van der Waals surface area contributed by atoms with E-state index in [9.17, 15) is 13.6 Å². The lowest BCUT2D eigenvalue weighted by Crippen LogP contribution is -2.48. The van der Waals surface area contributed by atoms with Gasteiger partial charge in [0.2, 0.25) is 5.91 Å². The maximum atomic E-state index is 14.1. The summed E-state index contributed by atoms with van der Waals surface area (Å²) in [5.74, 6) is 0.276. The third kappa shape index (κ3) is 4.85. The number of halogens is 2. The normalized spacial score (nSPS) is 13.9. The predicted molar refractivity (Wildman–Crippen MR) is 134 cm³/mol. The zero-order valence-corrected chi connectivity index (χ0v) is 19.6. The molecule has 0 spiro atoms. The smallest absolute Gasteiger partial charge is 0.223 e. The topological polar surface area (TPSA) is 48.6 Å². The Bertz CT molecular complexity index is 1330. The van der Waals surface area contributed by atoms with Crippen LogP contribution in [0.1, 0.15) is 12.0 Å². The number of hydrogen-bond donors (Lipinski definition) is 1. The maximum Gasteiger partial charge on any atom is 0.223 e. The first-order chi connectivity index (χ1) is 17.0. The fourth-order valence-electron chi connectivity index (χ4n) is 4.74. The molecule has 0 saturated carbocycles. The Kier molecular flexibility index (Phi) is 6.40. The monoisotopic (exact) mass is 475 g/mol. The van der Waals surface area contributed by atoms with Crippen LogP contribution in [0.3, 0.4) is 0 Å². The molecule has 1 saturated heterocycles. The van der Waals surface area contributed by atoms with Crippen molar-refractivity contribution in [3.8, 4) is 17.0 Å². The van der Waals surface area contributed by atoms with Crippen LogP contribution in [-0.2, 0) is 11.2 Å². The van der Waals surface area contributed by atoms with E-state index in [0.29, 0.717) is 39.0 Å². The van der Waals surface area contributed by atoms with E-state index in [2.05, 4.69) is 9.88 Å². The van der Waals surface area contributed by atoms with Gasteiger partial charge >= 0.3 is 0 Å². The second-order valence-corrected chi connectivity index (χ2v) is 8.74. The number of H-pyrrole nitrogens is 1. The summed E-state index contributed by atoms with van der Waals surface area (Å²) in [5, 5.41) is 0.796. The molecule has 0 unspecified atom stereocenters. The van der Waals surface area contributed by atoms with Gasteiger partial charge in [-0.1, -0.05) is 0 Å². The summed E-state index contributed by atoms with van der Waals surface area (Å²) in [6.45, 7) is 2.63. The van der Waals surface area contributed by atoms with Crippen molar-refractivity contribution in [2.45, 2.75) is 12.8 Å². The largest absolute Gasteiger partial charge is 0.497 e. The van der Waals surface area contributed by atoms with Gasteiger partial charge in [0.1, 0.15) is 17.4 Å². The minimum Gasteiger partial charge on any atom is -0.497 e.